The summed E-state index contributed by atoms with van der Waals surface area (Å²) >= 11 is 12.4. The summed E-state index contributed by atoms with van der Waals surface area (Å²) in [5.74, 6) is -0.333. The van der Waals surface area contributed by atoms with E-state index in [0.717, 1.165) is 16.7 Å². The van der Waals surface area contributed by atoms with Crippen LogP contribution in [0, 0.1) is 11.3 Å². The molecular weight excluding hydrogens is 457 g/mol. The number of nitrogens with zero attached hydrogens (tertiary/aromatic N) is 1. The van der Waals surface area contributed by atoms with Crippen molar-refractivity contribution in [1.29, 1.82) is 0 Å². The van der Waals surface area contributed by atoms with Crippen molar-refractivity contribution in [2.45, 2.75) is 52.1 Å². The molecule has 6 heteroatoms. The van der Waals surface area contributed by atoms with E-state index in [0.29, 0.717) is 16.6 Å². The maximum absolute atomic E-state index is 13.6. The molecule has 4 atom stereocenters. The Kier molecular flexibility index (Phi) is 6.13. The lowest BCUT2D eigenvalue weighted by Gasteiger charge is -2.43. The molecule has 0 N–H and O–H groups in total. The Morgan fingerprint density at radius 1 is 1.00 bits per heavy atom. The highest BCUT2D eigenvalue weighted by Gasteiger charge is 2.58. The van der Waals surface area contributed by atoms with E-state index in [2.05, 4.69) is 13.0 Å². The van der Waals surface area contributed by atoms with Gasteiger partial charge in [0.25, 0.3) is 0 Å². The Morgan fingerprint density at radius 2 is 1.52 bits per heavy atom. The molecule has 33 heavy (non-hydrogen) atoms. The van der Waals surface area contributed by atoms with Crippen molar-refractivity contribution in [3.05, 3.63) is 81.4 Å². The van der Waals surface area contributed by atoms with Gasteiger partial charge in [-0.15, -0.1) is 0 Å². The van der Waals surface area contributed by atoms with Gasteiger partial charge in [0.2, 0.25) is 5.91 Å². The zero-order valence-corrected chi connectivity index (χ0v) is 21.1. The van der Waals surface area contributed by atoms with Crippen molar-refractivity contribution in [2.75, 3.05) is 6.54 Å². The van der Waals surface area contributed by atoms with Crippen molar-refractivity contribution in [1.82, 2.24) is 4.90 Å². The summed E-state index contributed by atoms with van der Waals surface area (Å²) < 4.78 is 5.56. The second-order valence-electron chi connectivity index (χ2n) is 10.3. The zero-order valence-electron chi connectivity index (χ0n) is 19.6. The number of allylic oxidation sites excluding steroid dienone is 1. The number of hydrogen-bond donors (Lipinski definition) is 0. The SMILES string of the molecule is CC1=C[C@@]2(C)C(=O)N(C(=O)OC(C)(C)C)C[C@H]2[C@@H](c2ccc(Cl)cc2)[C@@H]1c1ccc(Cl)cc1. The highest BCUT2D eigenvalue weighted by molar-refractivity contribution is 6.30. The van der Waals surface area contributed by atoms with Crippen LogP contribution < -0.4 is 0 Å². The number of fused-ring (bicyclic) bond motifs is 1. The molecule has 2 aromatic carbocycles. The maximum Gasteiger partial charge on any atom is 0.417 e. The highest BCUT2D eigenvalue weighted by atomic mass is 35.5. The molecule has 0 unspecified atom stereocenters. The van der Waals surface area contributed by atoms with Gasteiger partial charge in [0.15, 0.2) is 0 Å². The fraction of sp³-hybridized carbons (Fsp3) is 0.407. The number of carbonyl (C=O) groups is 2. The van der Waals surface area contributed by atoms with Gasteiger partial charge in [0.1, 0.15) is 5.60 Å². The molecule has 0 bridgehead atoms. The number of imide groups is 1. The zero-order chi connectivity index (χ0) is 24.1. The molecule has 2 amide bonds. The minimum Gasteiger partial charge on any atom is -0.443 e. The molecule has 2 aliphatic rings. The molecule has 0 saturated carbocycles. The second kappa shape index (κ2) is 8.48. The summed E-state index contributed by atoms with van der Waals surface area (Å²) in [6.07, 6.45) is 1.46. The predicted molar refractivity (Wildman–Crippen MR) is 132 cm³/mol. The van der Waals surface area contributed by atoms with Crippen molar-refractivity contribution in [2.24, 2.45) is 11.3 Å². The van der Waals surface area contributed by atoms with Gasteiger partial charge >= 0.3 is 6.09 Å². The molecule has 1 aliphatic heterocycles. The van der Waals surface area contributed by atoms with Crippen LogP contribution in [0.1, 0.15) is 57.6 Å². The van der Waals surface area contributed by atoms with Gasteiger partial charge in [-0.25, -0.2) is 9.69 Å². The minimum absolute atomic E-state index is 0.0326. The van der Waals surface area contributed by atoms with E-state index >= 15 is 0 Å². The first-order valence-electron chi connectivity index (χ1n) is 11.2. The Bertz CT molecular complexity index is 1100. The van der Waals surface area contributed by atoms with Gasteiger partial charge in [0.05, 0.1) is 5.41 Å². The molecule has 1 fully saturated rings. The molecule has 1 aliphatic carbocycles. The topological polar surface area (TPSA) is 46.6 Å². The minimum atomic E-state index is -0.811. The lowest BCUT2D eigenvalue weighted by molar-refractivity contribution is -0.133. The summed E-state index contributed by atoms with van der Waals surface area (Å²) in [5, 5.41) is 1.33. The maximum atomic E-state index is 13.6. The molecule has 0 aromatic heterocycles. The second-order valence-corrected chi connectivity index (χ2v) is 11.2. The Balaban J connectivity index is 1.83. The third kappa shape index (κ3) is 4.43. The number of benzene rings is 2. The summed E-state index contributed by atoms with van der Waals surface area (Å²) in [4.78, 5) is 27.8. The van der Waals surface area contributed by atoms with Crippen LogP contribution in [0.3, 0.4) is 0 Å². The van der Waals surface area contributed by atoms with Crippen molar-refractivity contribution in [3.8, 4) is 0 Å². The number of likely N-dealkylation sites (tertiary alicyclic amines) is 1. The van der Waals surface area contributed by atoms with E-state index < -0.39 is 17.1 Å². The van der Waals surface area contributed by atoms with Gasteiger partial charge in [-0.05, 0) is 70.0 Å². The Morgan fingerprint density at radius 3 is 2.03 bits per heavy atom. The predicted octanol–water partition coefficient (Wildman–Crippen LogP) is 7.22. The van der Waals surface area contributed by atoms with Crippen LogP contribution in [0.15, 0.2) is 60.2 Å². The van der Waals surface area contributed by atoms with Gasteiger partial charge in [-0.3, -0.25) is 4.79 Å². The smallest absolute Gasteiger partial charge is 0.417 e. The van der Waals surface area contributed by atoms with Crippen LogP contribution in [-0.2, 0) is 9.53 Å². The Hall–Kier alpha value is -2.30. The normalized spacial score (nSPS) is 27.2. The van der Waals surface area contributed by atoms with Crippen LogP contribution in [-0.4, -0.2) is 29.0 Å². The number of carbonyl (C=O) groups excluding carboxylic acids is 2. The quantitative estimate of drug-likeness (QED) is 0.421. The molecule has 0 spiro atoms. The number of halogens is 2. The fourth-order valence-corrected chi connectivity index (χ4v) is 5.63. The molecule has 0 radical (unpaired) electrons. The van der Waals surface area contributed by atoms with Crippen molar-refractivity contribution >= 4 is 35.2 Å². The number of amides is 2. The third-order valence-electron chi connectivity index (χ3n) is 6.76. The third-order valence-corrected chi connectivity index (χ3v) is 7.27. The molecule has 1 heterocycles. The van der Waals surface area contributed by atoms with Gasteiger partial charge in [0, 0.05) is 34.3 Å². The van der Waals surface area contributed by atoms with E-state index in [1.165, 1.54) is 4.90 Å². The van der Waals surface area contributed by atoms with E-state index in [4.69, 9.17) is 27.9 Å². The van der Waals surface area contributed by atoms with Gasteiger partial charge in [-0.2, -0.15) is 0 Å². The molecule has 4 nitrogen and oxygen atoms in total. The average Bonchev–Trinajstić information content (AvgIpc) is 2.98. The molecule has 2 aromatic rings. The first-order valence-corrected chi connectivity index (χ1v) is 11.9. The molecular formula is C27H29Cl2NO3. The average molecular weight is 486 g/mol. The lowest BCUT2D eigenvalue weighted by atomic mass is 9.58. The molecule has 1 saturated heterocycles. The van der Waals surface area contributed by atoms with E-state index in [1.54, 1.807) is 20.8 Å². The van der Waals surface area contributed by atoms with Crippen molar-refractivity contribution < 1.29 is 14.3 Å². The van der Waals surface area contributed by atoms with Crippen LogP contribution in [0.5, 0.6) is 0 Å². The lowest BCUT2D eigenvalue weighted by Crippen LogP contribution is -2.41. The van der Waals surface area contributed by atoms with Crippen molar-refractivity contribution in [3.63, 3.8) is 0 Å². The van der Waals surface area contributed by atoms with Crippen LogP contribution in [0.2, 0.25) is 10.0 Å². The number of hydrogen-bond acceptors (Lipinski definition) is 3. The summed E-state index contributed by atoms with van der Waals surface area (Å²) in [7, 11) is 0. The largest absolute Gasteiger partial charge is 0.443 e. The van der Waals surface area contributed by atoms with Crippen LogP contribution >= 0.6 is 23.2 Å². The van der Waals surface area contributed by atoms with Crippen LogP contribution in [0.25, 0.3) is 0 Å². The van der Waals surface area contributed by atoms with E-state index in [9.17, 15) is 9.59 Å². The summed E-state index contributed by atoms with van der Waals surface area (Å²) in [6.45, 7) is 9.71. The number of ether oxygens (including phenoxy) is 1. The number of rotatable bonds is 2. The highest BCUT2D eigenvalue weighted by Crippen LogP contribution is 2.57. The first-order chi connectivity index (χ1) is 15.4. The standard InChI is InChI=1S/C27H29Cl2NO3/c1-16-14-27(5)21(15-30(24(27)31)25(32)33-26(2,3)4)23(18-8-12-20(29)13-9-18)22(16)17-6-10-19(28)11-7-17/h6-14,21-23H,15H2,1-5H3/t21-,22-,23+,27+/m0/s1. The summed E-state index contributed by atoms with van der Waals surface area (Å²) in [5.41, 5.74) is 1.81. The molecule has 174 valence electrons. The van der Waals surface area contributed by atoms with E-state index in [-0.39, 0.29) is 23.7 Å². The monoisotopic (exact) mass is 485 g/mol. The fourth-order valence-electron chi connectivity index (χ4n) is 5.38. The molecule has 4 rings (SSSR count). The van der Waals surface area contributed by atoms with Crippen LogP contribution in [0.4, 0.5) is 4.79 Å². The van der Waals surface area contributed by atoms with Gasteiger partial charge in [-0.1, -0.05) is 59.1 Å². The summed E-state index contributed by atoms with van der Waals surface area (Å²) in [6, 6.07) is 15.7. The first kappa shape index (κ1) is 23.8. The van der Waals surface area contributed by atoms with Gasteiger partial charge < -0.3 is 4.74 Å². The van der Waals surface area contributed by atoms with E-state index in [1.807, 2.05) is 55.5 Å². The Labute approximate surface area is 205 Å².